The highest BCUT2D eigenvalue weighted by atomic mass is 32.1. The lowest BCUT2D eigenvalue weighted by molar-refractivity contribution is 0.502. The molecule has 0 amide bonds. The van der Waals surface area contributed by atoms with E-state index in [1.807, 2.05) is 17.9 Å². The molecule has 5 heteroatoms. The maximum atomic E-state index is 4.77. The summed E-state index contributed by atoms with van der Waals surface area (Å²) in [4.78, 5) is 14.4. The maximum absolute atomic E-state index is 4.77. The first kappa shape index (κ1) is 12.7. The minimum Gasteiger partial charge on any atom is -0.310 e. The second-order valence-electron chi connectivity index (χ2n) is 4.82. The fourth-order valence-electron chi connectivity index (χ4n) is 2.62. The summed E-state index contributed by atoms with van der Waals surface area (Å²) < 4.78 is 0. The van der Waals surface area contributed by atoms with Crippen molar-refractivity contribution >= 4 is 11.3 Å². The van der Waals surface area contributed by atoms with Crippen molar-refractivity contribution in [3.8, 4) is 10.7 Å². The fraction of sp³-hybridized carbons (Fsp3) is 0.500. The number of fused-ring (bicyclic) bond motifs is 1. The third-order valence-corrected chi connectivity index (χ3v) is 4.30. The van der Waals surface area contributed by atoms with Crippen molar-refractivity contribution in [3.05, 3.63) is 29.2 Å². The van der Waals surface area contributed by atoms with Gasteiger partial charge in [-0.05, 0) is 25.8 Å². The van der Waals surface area contributed by atoms with Crippen LogP contribution in [0.25, 0.3) is 10.7 Å². The van der Waals surface area contributed by atoms with Crippen LogP contribution in [0.15, 0.2) is 17.9 Å². The Morgan fingerprint density at radius 2 is 2.32 bits per heavy atom. The highest BCUT2D eigenvalue weighted by Crippen LogP contribution is 2.29. The Hall–Kier alpha value is -1.33. The Bertz CT molecular complexity index is 538. The number of thiazole rings is 1. The molecule has 2 aromatic rings. The fourth-order valence-corrected chi connectivity index (χ4v) is 3.18. The number of nitrogens with one attached hydrogen (secondary N) is 1. The van der Waals surface area contributed by atoms with Gasteiger partial charge >= 0.3 is 0 Å². The molecule has 1 aliphatic rings. The van der Waals surface area contributed by atoms with Crippen molar-refractivity contribution < 1.29 is 0 Å². The molecule has 100 valence electrons. The van der Waals surface area contributed by atoms with Crippen LogP contribution in [-0.4, -0.2) is 21.5 Å². The zero-order valence-electron chi connectivity index (χ0n) is 11.1. The zero-order valence-corrected chi connectivity index (χ0v) is 11.9. The van der Waals surface area contributed by atoms with Crippen LogP contribution < -0.4 is 5.32 Å². The Morgan fingerprint density at radius 3 is 3.11 bits per heavy atom. The Balaban J connectivity index is 1.97. The molecule has 1 atom stereocenters. The number of aromatic nitrogens is 3. The largest absolute Gasteiger partial charge is 0.310 e. The van der Waals surface area contributed by atoms with E-state index in [1.165, 1.54) is 30.5 Å². The van der Waals surface area contributed by atoms with E-state index in [2.05, 4.69) is 22.2 Å². The van der Waals surface area contributed by atoms with Gasteiger partial charge < -0.3 is 5.32 Å². The van der Waals surface area contributed by atoms with Crippen molar-refractivity contribution in [2.24, 2.45) is 0 Å². The van der Waals surface area contributed by atoms with Crippen LogP contribution in [0.1, 0.15) is 43.5 Å². The van der Waals surface area contributed by atoms with Gasteiger partial charge in [-0.1, -0.05) is 13.3 Å². The van der Waals surface area contributed by atoms with E-state index >= 15 is 0 Å². The minimum atomic E-state index is 0.415. The summed E-state index contributed by atoms with van der Waals surface area (Å²) in [6.07, 6.45) is 8.56. The quantitative estimate of drug-likeness (QED) is 0.874. The zero-order chi connectivity index (χ0) is 13.1. The number of hydrogen-bond acceptors (Lipinski definition) is 5. The topological polar surface area (TPSA) is 50.7 Å². The van der Waals surface area contributed by atoms with Gasteiger partial charge in [0.05, 0.1) is 10.4 Å². The minimum absolute atomic E-state index is 0.415. The normalized spacial score (nSPS) is 18.9. The Kier molecular flexibility index (Phi) is 3.84. The van der Waals surface area contributed by atoms with Gasteiger partial charge in [-0.15, -0.1) is 11.3 Å². The SMILES string of the molecule is CCNC1CCCCc2nc(-c3cncs3)ncc21. The van der Waals surface area contributed by atoms with E-state index in [9.17, 15) is 0 Å². The third-order valence-electron chi connectivity index (χ3n) is 3.54. The predicted octanol–water partition coefficient (Wildman–Crippen LogP) is 2.98. The summed E-state index contributed by atoms with van der Waals surface area (Å²) in [6.45, 7) is 3.14. The molecule has 4 nitrogen and oxygen atoms in total. The van der Waals surface area contributed by atoms with Gasteiger partial charge in [-0.3, -0.25) is 4.98 Å². The molecule has 0 saturated carbocycles. The van der Waals surface area contributed by atoms with E-state index in [1.54, 1.807) is 11.3 Å². The standard InChI is InChI=1S/C14H18N4S/c1-2-16-11-5-3-4-6-12-10(11)7-17-14(18-12)13-8-15-9-19-13/h7-9,11,16H,2-6H2,1H3. The molecule has 1 N–H and O–H groups in total. The maximum Gasteiger partial charge on any atom is 0.171 e. The highest BCUT2D eigenvalue weighted by molar-refractivity contribution is 7.13. The molecule has 0 aromatic carbocycles. The summed E-state index contributed by atoms with van der Waals surface area (Å²) in [5, 5.41) is 3.55. The second kappa shape index (κ2) is 5.75. The lowest BCUT2D eigenvalue weighted by atomic mass is 10.1. The lowest BCUT2D eigenvalue weighted by Gasteiger charge is -2.17. The molecule has 0 bridgehead atoms. The first-order chi connectivity index (χ1) is 9.38. The van der Waals surface area contributed by atoms with E-state index in [-0.39, 0.29) is 0 Å². The second-order valence-corrected chi connectivity index (χ2v) is 5.70. The van der Waals surface area contributed by atoms with E-state index in [0.29, 0.717) is 6.04 Å². The molecule has 19 heavy (non-hydrogen) atoms. The Labute approximate surface area is 117 Å². The van der Waals surface area contributed by atoms with Crippen LogP contribution >= 0.6 is 11.3 Å². The molecular weight excluding hydrogens is 256 g/mol. The van der Waals surface area contributed by atoms with Gasteiger partial charge in [0.15, 0.2) is 5.82 Å². The molecule has 0 saturated heterocycles. The summed E-state index contributed by atoms with van der Waals surface area (Å²) >= 11 is 1.59. The van der Waals surface area contributed by atoms with Gasteiger partial charge in [0, 0.05) is 29.7 Å². The van der Waals surface area contributed by atoms with E-state index in [0.717, 1.165) is 23.7 Å². The van der Waals surface area contributed by atoms with Crippen molar-refractivity contribution in [2.45, 2.75) is 38.6 Å². The van der Waals surface area contributed by atoms with Crippen molar-refractivity contribution in [1.82, 2.24) is 20.3 Å². The monoisotopic (exact) mass is 274 g/mol. The molecule has 2 aromatic heterocycles. The number of hydrogen-bond donors (Lipinski definition) is 1. The van der Waals surface area contributed by atoms with Gasteiger partial charge in [0.1, 0.15) is 0 Å². The first-order valence-electron chi connectivity index (χ1n) is 6.86. The van der Waals surface area contributed by atoms with Gasteiger partial charge in [0.2, 0.25) is 0 Å². The number of aryl methyl sites for hydroxylation is 1. The molecule has 1 aliphatic carbocycles. The van der Waals surface area contributed by atoms with E-state index < -0.39 is 0 Å². The van der Waals surface area contributed by atoms with Gasteiger partial charge in [-0.2, -0.15) is 0 Å². The summed E-state index contributed by atoms with van der Waals surface area (Å²) in [6, 6.07) is 0.415. The summed E-state index contributed by atoms with van der Waals surface area (Å²) in [7, 11) is 0. The molecule has 0 aliphatic heterocycles. The van der Waals surface area contributed by atoms with Crippen LogP contribution in [0.2, 0.25) is 0 Å². The highest BCUT2D eigenvalue weighted by Gasteiger charge is 2.20. The molecule has 0 fully saturated rings. The van der Waals surface area contributed by atoms with Crippen molar-refractivity contribution in [2.75, 3.05) is 6.54 Å². The van der Waals surface area contributed by atoms with Crippen LogP contribution in [-0.2, 0) is 6.42 Å². The van der Waals surface area contributed by atoms with Gasteiger partial charge in [-0.25, -0.2) is 9.97 Å². The average Bonchev–Trinajstić information content (AvgIpc) is 2.89. The van der Waals surface area contributed by atoms with Gasteiger partial charge in [0.25, 0.3) is 0 Å². The van der Waals surface area contributed by atoms with Crippen molar-refractivity contribution in [3.63, 3.8) is 0 Å². The van der Waals surface area contributed by atoms with Crippen LogP contribution in [0, 0.1) is 0 Å². The molecule has 0 spiro atoms. The number of rotatable bonds is 3. The predicted molar refractivity (Wildman–Crippen MR) is 77.1 cm³/mol. The molecule has 1 unspecified atom stereocenters. The smallest absolute Gasteiger partial charge is 0.171 e. The van der Waals surface area contributed by atoms with Crippen LogP contribution in [0.3, 0.4) is 0 Å². The van der Waals surface area contributed by atoms with Crippen molar-refractivity contribution in [1.29, 1.82) is 0 Å². The summed E-state index contributed by atoms with van der Waals surface area (Å²) in [5.74, 6) is 0.818. The van der Waals surface area contributed by atoms with E-state index in [4.69, 9.17) is 4.98 Å². The molecule has 3 rings (SSSR count). The Morgan fingerprint density at radius 1 is 1.37 bits per heavy atom. The average molecular weight is 274 g/mol. The summed E-state index contributed by atoms with van der Waals surface area (Å²) in [5.41, 5.74) is 4.32. The molecule has 0 radical (unpaired) electrons. The van der Waals surface area contributed by atoms with Crippen LogP contribution in [0.5, 0.6) is 0 Å². The lowest BCUT2D eigenvalue weighted by Crippen LogP contribution is -2.21. The number of nitrogens with zero attached hydrogens (tertiary/aromatic N) is 3. The van der Waals surface area contributed by atoms with Crippen LogP contribution in [0.4, 0.5) is 0 Å². The molecular formula is C14H18N4S. The third kappa shape index (κ3) is 2.67. The first-order valence-corrected chi connectivity index (χ1v) is 7.74. The molecule has 2 heterocycles.